The van der Waals surface area contributed by atoms with Gasteiger partial charge in [0.25, 0.3) is 6.71 Å². The van der Waals surface area contributed by atoms with Gasteiger partial charge in [-0.2, -0.15) is 0 Å². The fraction of sp³-hybridized carbons (Fsp3) is 0.195. The molecule has 6 aromatic rings. The summed E-state index contributed by atoms with van der Waals surface area (Å²) in [7, 11) is 0. The number of rotatable bonds is 2. The van der Waals surface area contributed by atoms with Crippen LogP contribution in [0.4, 0.5) is 0 Å². The largest absolute Gasteiger partial charge is 0.458 e. The lowest BCUT2D eigenvalue weighted by atomic mass is 9.34. The maximum absolute atomic E-state index is 6.85. The van der Waals surface area contributed by atoms with Crippen LogP contribution >= 0.6 is 0 Å². The van der Waals surface area contributed by atoms with E-state index >= 15 is 0 Å². The predicted octanol–water partition coefficient (Wildman–Crippen LogP) is 8.89. The van der Waals surface area contributed by atoms with Crippen LogP contribution < -0.4 is 25.9 Å². The predicted molar refractivity (Wildman–Crippen MR) is 188 cm³/mol. The highest BCUT2D eigenvalue weighted by Crippen LogP contribution is 2.42. The summed E-state index contributed by atoms with van der Waals surface area (Å²) in [6, 6.07) is 36.9. The molecule has 0 radical (unpaired) electrons. The number of benzene rings is 5. The number of hydrogen-bond acceptors (Lipinski definition) is 3. The molecule has 1 aromatic heterocycles. The lowest BCUT2D eigenvalue weighted by molar-refractivity contribution is 0.467. The van der Waals surface area contributed by atoms with Gasteiger partial charge in [0.1, 0.15) is 23.0 Å². The van der Waals surface area contributed by atoms with Crippen molar-refractivity contribution in [1.82, 2.24) is 4.98 Å². The minimum absolute atomic E-state index is 0.0197. The fourth-order valence-electron chi connectivity index (χ4n) is 6.78. The normalized spacial score (nSPS) is 13.4. The zero-order valence-corrected chi connectivity index (χ0v) is 26.7. The summed E-state index contributed by atoms with van der Waals surface area (Å²) in [6.45, 7) is 13.6. The van der Waals surface area contributed by atoms with Crippen LogP contribution in [0.5, 0.6) is 23.0 Å². The van der Waals surface area contributed by atoms with Crippen LogP contribution in [0, 0.1) is 0 Å². The van der Waals surface area contributed by atoms with Crippen molar-refractivity contribution in [2.45, 2.75) is 52.4 Å². The van der Waals surface area contributed by atoms with E-state index in [1.807, 2.05) is 24.4 Å². The fourth-order valence-corrected chi connectivity index (χ4v) is 6.78. The monoisotopic (exact) mass is 585 g/mol. The van der Waals surface area contributed by atoms with E-state index in [9.17, 15) is 0 Å². The van der Waals surface area contributed by atoms with Crippen LogP contribution in [0.15, 0.2) is 109 Å². The molecule has 0 amide bonds. The minimum Gasteiger partial charge on any atom is -0.458 e. The van der Waals surface area contributed by atoms with Gasteiger partial charge in [-0.15, -0.1) is 0 Å². The van der Waals surface area contributed by atoms with Gasteiger partial charge in [0.2, 0.25) is 0 Å². The zero-order valence-electron chi connectivity index (χ0n) is 26.7. The molecule has 8 rings (SSSR count). The van der Waals surface area contributed by atoms with Gasteiger partial charge in [-0.05, 0) is 91.9 Å². The molecule has 4 heteroatoms. The molecule has 2 aliphatic heterocycles. The van der Waals surface area contributed by atoms with E-state index in [1.165, 1.54) is 22.1 Å². The Kier molecular flexibility index (Phi) is 6.06. The molecule has 0 saturated carbocycles. The molecule has 0 unspecified atom stereocenters. The van der Waals surface area contributed by atoms with Gasteiger partial charge in [0, 0.05) is 22.6 Å². The number of hydrogen-bond donors (Lipinski definition) is 0. The highest BCUT2D eigenvalue weighted by atomic mass is 16.5. The van der Waals surface area contributed by atoms with Crippen molar-refractivity contribution >= 4 is 33.9 Å². The Morgan fingerprint density at radius 3 is 1.89 bits per heavy atom. The van der Waals surface area contributed by atoms with Crippen LogP contribution in [0.3, 0.4) is 0 Å². The molecule has 0 atom stereocenters. The Hall–Kier alpha value is -4.83. The third-order valence-electron chi connectivity index (χ3n) is 9.34. The average Bonchev–Trinajstić information content (AvgIpc) is 3.03. The highest BCUT2D eigenvalue weighted by Gasteiger charge is 2.42. The van der Waals surface area contributed by atoms with E-state index in [4.69, 9.17) is 9.47 Å². The molecule has 220 valence electrons. The topological polar surface area (TPSA) is 31.4 Å². The molecule has 0 N–H and O–H groups in total. The van der Waals surface area contributed by atoms with Crippen LogP contribution in [-0.4, -0.2) is 11.7 Å². The zero-order chi connectivity index (χ0) is 31.1. The van der Waals surface area contributed by atoms with Crippen molar-refractivity contribution in [2.75, 3.05) is 0 Å². The van der Waals surface area contributed by atoms with Crippen LogP contribution in [0.1, 0.15) is 52.7 Å². The first kappa shape index (κ1) is 27.7. The van der Waals surface area contributed by atoms with E-state index < -0.39 is 0 Å². The molecule has 0 spiro atoms. The second kappa shape index (κ2) is 9.84. The van der Waals surface area contributed by atoms with Gasteiger partial charge in [0.05, 0.1) is 5.69 Å². The second-order valence-electron chi connectivity index (χ2n) is 14.5. The number of aromatic nitrogens is 1. The third kappa shape index (κ3) is 4.63. The van der Waals surface area contributed by atoms with Gasteiger partial charge < -0.3 is 9.47 Å². The molecule has 0 saturated heterocycles. The van der Waals surface area contributed by atoms with Gasteiger partial charge in [-0.25, -0.2) is 0 Å². The second-order valence-corrected chi connectivity index (χ2v) is 14.5. The molecule has 45 heavy (non-hydrogen) atoms. The number of nitrogens with zero attached hydrogens (tertiary/aromatic N) is 1. The minimum atomic E-state index is 0.0197. The Labute approximate surface area is 266 Å². The summed E-state index contributed by atoms with van der Waals surface area (Å²) in [4.78, 5) is 4.56. The third-order valence-corrected chi connectivity index (χ3v) is 9.34. The first-order valence-corrected chi connectivity index (χ1v) is 15.8. The van der Waals surface area contributed by atoms with E-state index in [2.05, 4.69) is 131 Å². The summed E-state index contributed by atoms with van der Waals surface area (Å²) in [6.07, 6.45) is 1.84. The van der Waals surface area contributed by atoms with Gasteiger partial charge in [0.15, 0.2) is 0 Å². The molecular formula is C41H36BNO2. The summed E-state index contributed by atoms with van der Waals surface area (Å²) < 4.78 is 13.6. The van der Waals surface area contributed by atoms with E-state index in [1.54, 1.807) is 0 Å². The van der Waals surface area contributed by atoms with Crippen molar-refractivity contribution in [1.29, 1.82) is 0 Å². The molecule has 0 bridgehead atoms. The Morgan fingerprint density at radius 2 is 1.22 bits per heavy atom. The van der Waals surface area contributed by atoms with Gasteiger partial charge >= 0.3 is 0 Å². The van der Waals surface area contributed by atoms with Crippen molar-refractivity contribution in [2.24, 2.45) is 0 Å². The van der Waals surface area contributed by atoms with Crippen LogP contribution in [0.2, 0.25) is 0 Å². The number of fused-ring (bicyclic) bond motifs is 6. The number of pyridine rings is 1. The van der Waals surface area contributed by atoms with E-state index in [0.717, 1.165) is 61.6 Å². The Balaban J connectivity index is 1.32. The quantitative estimate of drug-likeness (QED) is 0.190. The smallest absolute Gasteiger partial charge is 0.260 e. The van der Waals surface area contributed by atoms with Crippen molar-refractivity contribution in [3.8, 4) is 45.4 Å². The van der Waals surface area contributed by atoms with Crippen LogP contribution in [0.25, 0.3) is 33.2 Å². The van der Waals surface area contributed by atoms with Gasteiger partial charge in [-0.1, -0.05) is 102 Å². The van der Waals surface area contributed by atoms with Crippen molar-refractivity contribution in [3.63, 3.8) is 0 Å². The summed E-state index contributed by atoms with van der Waals surface area (Å²) in [5.74, 6) is 3.59. The summed E-state index contributed by atoms with van der Waals surface area (Å²) in [5.41, 5.74) is 10.5. The standard InChI is InChI=1S/C41H36BNO2/c1-40(2,3)29-14-17-35-32(23-29)42-33-24-30(41(4,5)6)15-18-36(33)45-39-31-16-13-26(21-28(31)22-37(44-35)38(39)42)25-10-9-11-27(20-25)34-12-7-8-19-43-34/h7-24H,1-6H3. The molecular weight excluding hydrogens is 549 g/mol. The van der Waals surface area contributed by atoms with Gasteiger partial charge in [-0.3, -0.25) is 4.98 Å². The summed E-state index contributed by atoms with van der Waals surface area (Å²) in [5, 5.41) is 2.18. The van der Waals surface area contributed by atoms with Crippen molar-refractivity contribution < 1.29 is 9.47 Å². The molecule has 0 aliphatic carbocycles. The molecule has 5 aromatic carbocycles. The molecule has 3 nitrogen and oxygen atoms in total. The van der Waals surface area contributed by atoms with Crippen LogP contribution in [-0.2, 0) is 10.8 Å². The lowest BCUT2D eigenvalue weighted by Crippen LogP contribution is -2.57. The summed E-state index contributed by atoms with van der Waals surface area (Å²) >= 11 is 0. The SMILES string of the molecule is CC(C)(C)c1ccc2c(c1)B1c3cc(C(C)(C)C)ccc3Oc3c1c(cc1cc(-c4cccc(-c5ccccn5)c4)ccc31)O2. The number of ether oxygens (including phenoxy) is 2. The molecule has 2 aliphatic rings. The van der Waals surface area contributed by atoms with E-state index in [-0.39, 0.29) is 17.5 Å². The first-order valence-electron chi connectivity index (χ1n) is 15.8. The van der Waals surface area contributed by atoms with E-state index in [0.29, 0.717) is 0 Å². The highest BCUT2D eigenvalue weighted by molar-refractivity contribution is 6.98. The maximum atomic E-state index is 6.85. The lowest BCUT2D eigenvalue weighted by Gasteiger charge is -2.35. The maximum Gasteiger partial charge on any atom is 0.260 e. The Morgan fingerprint density at radius 1 is 0.556 bits per heavy atom. The Bertz CT molecular complexity index is 2110. The average molecular weight is 586 g/mol. The first-order chi connectivity index (χ1) is 21.5. The molecule has 3 heterocycles. The molecule has 0 fully saturated rings. The van der Waals surface area contributed by atoms with Crippen molar-refractivity contribution in [3.05, 3.63) is 120 Å².